The summed E-state index contributed by atoms with van der Waals surface area (Å²) >= 11 is 5.98. The van der Waals surface area contributed by atoms with E-state index in [2.05, 4.69) is 5.32 Å². The van der Waals surface area contributed by atoms with Gasteiger partial charge in [-0.2, -0.15) is 0 Å². The molecule has 1 heterocycles. The Morgan fingerprint density at radius 1 is 1.25 bits per heavy atom. The molecule has 2 aromatic carbocycles. The van der Waals surface area contributed by atoms with Crippen molar-refractivity contribution < 1.29 is 14.1 Å². The molecule has 0 spiro atoms. The van der Waals surface area contributed by atoms with Gasteiger partial charge in [0.2, 0.25) is 0 Å². The van der Waals surface area contributed by atoms with E-state index in [1.165, 1.54) is 12.1 Å². The zero-order valence-electron chi connectivity index (χ0n) is 12.7. The number of hydrogen-bond acceptors (Lipinski definition) is 4. The minimum Gasteiger partial charge on any atom is -0.459 e. The molecule has 122 valence electrons. The van der Waals surface area contributed by atoms with Gasteiger partial charge in [-0.15, -0.1) is 0 Å². The Morgan fingerprint density at radius 2 is 2.00 bits per heavy atom. The van der Waals surface area contributed by atoms with Gasteiger partial charge in [-0.25, -0.2) is 0 Å². The van der Waals surface area contributed by atoms with E-state index >= 15 is 0 Å². The third-order valence-electron chi connectivity index (χ3n) is 3.62. The monoisotopic (exact) mass is 344 g/mol. The van der Waals surface area contributed by atoms with Gasteiger partial charge in [0.1, 0.15) is 11.3 Å². The summed E-state index contributed by atoms with van der Waals surface area (Å²) in [5.41, 5.74) is 0.580. The van der Waals surface area contributed by atoms with Crippen LogP contribution < -0.4 is 5.32 Å². The van der Waals surface area contributed by atoms with E-state index in [0.29, 0.717) is 5.76 Å². The van der Waals surface area contributed by atoms with Crippen molar-refractivity contribution in [2.45, 2.75) is 13.0 Å². The number of nitrogens with one attached hydrogen (secondary N) is 1. The van der Waals surface area contributed by atoms with E-state index in [9.17, 15) is 14.9 Å². The lowest BCUT2D eigenvalue weighted by Gasteiger charge is -2.12. The van der Waals surface area contributed by atoms with Crippen molar-refractivity contribution in [3.63, 3.8) is 0 Å². The normalized spacial score (nSPS) is 12.1. The molecule has 3 aromatic rings. The molecule has 0 aliphatic carbocycles. The van der Waals surface area contributed by atoms with Crippen molar-refractivity contribution in [2.24, 2.45) is 0 Å². The number of nitrogens with zero attached hydrogens (tertiary/aromatic N) is 1. The number of rotatable bonds is 4. The van der Waals surface area contributed by atoms with Gasteiger partial charge >= 0.3 is 0 Å². The average molecular weight is 345 g/mol. The number of furan rings is 1. The highest BCUT2D eigenvalue weighted by atomic mass is 35.5. The van der Waals surface area contributed by atoms with Crippen molar-refractivity contribution >= 4 is 34.2 Å². The summed E-state index contributed by atoms with van der Waals surface area (Å²) in [5.74, 6) is 0.0859. The highest BCUT2D eigenvalue weighted by Crippen LogP contribution is 2.25. The van der Waals surface area contributed by atoms with Gasteiger partial charge < -0.3 is 9.73 Å². The number of carbonyl (C=O) groups excluding carboxylic acids is 1. The Balaban J connectivity index is 1.83. The lowest BCUT2D eigenvalue weighted by molar-refractivity contribution is -0.384. The van der Waals surface area contributed by atoms with Crippen LogP contribution in [0.25, 0.3) is 11.0 Å². The molecule has 0 saturated carbocycles. The van der Waals surface area contributed by atoms with E-state index < -0.39 is 16.9 Å². The molecule has 1 unspecified atom stereocenters. The molecule has 24 heavy (non-hydrogen) atoms. The van der Waals surface area contributed by atoms with Crippen LogP contribution in [0.5, 0.6) is 0 Å². The second-order valence-corrected chi connectivity index (χ2v) is 5.71. The Labute approximate surface area is 142 Å². The van der Waals surface area contributed by atoms with Crippen LogP contribution >= 0.6 is 11.6 Å². The lowest BCUT2D eigenvalue weighted by atomic mass is 10.1. The smallest absolute Gasteiger partial charge is 0.270 e. The molecule has 1 amide bonds. The number of benzene rings is 2. The topological polar surface area (TPSA) is 85.4 Å². The van der Waals surface area contributed by atoms with Gasteiger partial charge in [0, 0.05) is 17.5 Å². The van der Waals surface area contributed by atoms with Gasteiger partial charge in [-0.05, 0) is 25.1 Å². The second-order valence-electron chi connectivity index (χ2n) is 5.30. The largest absolute Gasteiger partial charge is 0.459 e. The zero-order valence-corrected chi connectivity index (χ0v) is 13.4. The van der Waals surface area contributed by atoms with Crippen molar-refractivity contribution in [1.29, 1.82) is 0 Å². The fourth-order valence-electron chi connectivity index (χ4n) is 2.36. The molecule has 1 atom stereocenters. The van der Waals surface area contributed by atoms with Crippen molar-refractivity contribution in [1.82, 2.24) is 5.32 Å². The standard InChI is InChI=1S/C17H13ClN2O4/c1-10(16-8-11-4-2-3-5-15(11)24-16)19-17(21)13-9-12(20(22)23)6-7-14(13)18/h2-10H,1H3,(H,19,21). The summed E-state index contributed by atoms with van der Waals surface area (Å²) < 4.78 is 5.70. The zero-order chi connectivity index (χ0) is 17.3. The third-order valence-corrected chi connectivity index (χ3v) is 3.95. The van der Waals surface area contributed by atoms with E-state index in [1.807, 2.05) is 30.3 Å². The molecule has 0 saturated heterocycles. The SMILES string of the molecule is CC(NC(=O)c1cc([N+](=O)[O-])ccc1Cl)c1cc2ccccc2o1. The number of para-hydroxylation sites is 1. The molecular weight excluding hydrogens is 332 g/mol. The first-order chi connectivity index (χ1) is 11.5. The summed E-state index contributed by atoms with van der Waals surface area (Å²) in [4.78, 5) is 22.7. The van der Waals surface area contributed by atoms with Crippen LogP contribution in [-0.4, -0.2) is 10.8 Å². The predicted molar refractivity (Wildman–Crippen MR) is 90.2 cm³/mol. The Kier molecular flexibility index (Phi) is 4.22. The number of non-ortho nitro benzene ring substituents is 1. The number of amides is 1. The quantitative estimate of drug-likeness (QED) is 0.558. The third kappa shape index (κ3) is 3.09. The molecule has 0 radical (unpaired) electrons. The fraction of sp³-hybridized carbons (Fsp3) is 0.118. The predicted octanol–water partition coefficient (Wildman–Crippen LogP) is 4.49. The van der Waals surface area contributed by atoms with E-state index in [0.717, 1.165) is 17.0 Å². The molecule has 3 rings (SSSR count). The number of carbonyl (C=O) groups is 1. The number of fused-ring (bicyclic) bond motifs is 1. The first-order valence-electron chi connectivity index (χ1n) is 7.19. The molecule has 0 aliphatic rings. The molecule has 7 heteroatoms. The van der Waals surface area contributed by atoms with E-state index in [-0.39, 0.29) is 16.3 Å². The van der Waals surface area contributed by atoms with Crippen LogP contribution in [0.4, 0.5) is 5.69 Å². The molecule has 1 aromatic heterocycles. The number of nitro benzene ring substituents is 1. The van der Waals surface area contributed by atoms with Crippen LogP contribution in [0.15, 0.2) is 52.9 Å². The van der Waals surface area contributed by atoms with Crippen LogP contribution in [0, 0.1) is 10.1 Å². The maximum Gasteiger partial charge on any atom is 0.270 e. The van der Waals surface area contributed by atoms with Crippen molar-refractivity contribution in [3.8, 4) is 0 Å². The minimum absolute atomic E-state index is 0.0498. The van der Waals surface area contributed by atoms with Crippen LogP contribution in [0.2, 0.25) is 5.02 Å². The molecule has 1 N–H and O–H groups in total. The molecular formula is C17H13ClN2O4. The molecule has 6 nitrogen and oxygen atoms in total. The van der Waals surface area contributed by atoms with Gasteiger partial charge in [0.05, 0.1) is 21.6 Å². The van der Waals surface area contributed by atoms with Gasteiger partial charge in [-0.3, -0.25) is 14.9 Å². The summed E-state index contributed by atoms with van der Waals surface area (Å²) in [5, 5.41) is 14.7. The summed E-state index contributed by atoms with van der Waals surface area (Å²) in [6.07, 6.45) is 0. The molecule has 0 bridgehead atoms. The van der Waals surface area contributed by atoms with Gasteiger partial charge in [-0.1, -0.05) is 29.8 Å². The maximum absolute atomic E-state index is 12.4. The summed E-state index contributed by atoms with van der Waals surface area (Å²) in [6, 6.07) is 12.7. The summed E-state index contributed by atoms with van der Waals surface area (Å²) in [7, 11) is 0. The maximum atomic E-state index is 12.4. The first-order valence-corrected chi connectivity index (χ1v) is 7.57. The van der Waals surface area contributed by atoms with Crippen molar-refractivity contribution in [3.05, 3.63) is 75.0 Å². The van der Waals surface area contributed by atoms with Crippen molar-refractivity contribution in [2.75, 3.05) is 0 Å². The van der Waals surface area contributed by atoms with Gasteiger partial charge in [0.25, 0.3) is 11.6 Å². The van der Waals surface area contributed by atoms with Crippen LogP contribution in [-0.2, 0) is 0 Å². The molecule has 0 fully saturated rings. The number of nitro groups is 1. The number of hydrogen-bond donors (Lipinski definition) is 1. The Bertz CT molecular complexity index is 902. The highest BCUT2D eigenvalue weighted by molar-refractivity contribution is 6.33. The lowest BCUT2D eigenvalue weighted by Crippen LogP contribution is -2.26. The second kappa shape index (κ2) is 6.33. The van der Waals surface area contributed by atoms with Crippen LogP contribution in [0.1, 0.15) is 29.1 Å². The number of halogens is 1. The Hall–Kier alpha value is -2.86. The first kappa shape index (κ1) is 16.0. The van der Waals surface area contributed by atoms with E-state index in [4.69, 9.17) is 16.0 Å². The highest BCUT2D eigenvalue weighted by Gasteiger charge is 2.19. The van der Waals surface area contributed by atoms with E-state index in [1.54, 1.807) is 6.92 Å². The van der Waals surface area contributed by atoms with Crippen LogP contribution in [0.3, 0.4) is 0 Å². The fourth-order valence-corrected chi connectivity index (χ4v) is 2.57. The summed E-state index contributed by atoms with van der Waals surface area (Å²) in [6.45, 7) is 1.76. The molecule has 0 aliphatic heterocycles. The average Bonchev–Trinajstić information content (AvgIpc) is 2.99. The Morgan fingerprint density at radius 3 is 2.71 bits per heavy atom. The minimum atomic E-state index is -0.574. The van der Waals surface area contributed by atoms with Gasteiger partial charge in [0.15, 0.2) is 0 Å².